The minimum atomic E-state index is -0.0247. The molecule has 11 aromatic heterocycles. The lowest BCUT2D eigenvalue weighted by atomic mass is 9.99. The molecule has 0 amide bonds. The van der Waals surface area contributed by atoms with Crippen LogP contribution < -0.4 is 65.7 Å². The molecule has 24 heteroatoms. The van der Waals surface area contributed by atoms with Crippen LogP contribution in [0, 0.1) is 0 Å². The second kappa shape index (κ2) is 46.1. The summed E-state index contributed by atoms with van der Waals surface area (Å²) >= 11 is 4.75. The highest BCUT2D eigenvalue weighted by atomic mass is 32.1. The molecule has 0 spiro atoms. The van der Waals surface area contributed by atoms with Crippen LogP contribution in [0.4, 0.5) is 0 Å². The molecule has 21 nitrogen and oxygen atoms in total. The highest BCUT2D eigenvalue weighted by Crippen LogP contribution is 2.42. The zero-order valence-electron chi connectivity index (χ0n) is 84.0. The molecule has 0 saturated heterocycles. The zero-order valence-corrected chi connectivity index (χ0v) is 86.4. The van der Waals surface area contributed by atoms with E-state index in [9.17, 15) is 28.8 Å². The number of aromatic nitrogens is 6. The van der Waals surface area contributed by atoms with Crippen LogP contribution in [0.5, 0.6) is 40.2 Å². The minimum absolute atomic E-state index is 0.00681. The highest BCUT2D eigenvalue weighted by molar-refractivity contribution is 7.13. The fourth-order valence-corrected chi connectivity index (χ4v) is 21.0. The van der Waals surface area contributed by atoms with E-state index in [4.69, 9.17) is 42.0 Å². The van der Waals surface area contributed by atoms with Gasteiger partial charge in [0.25, 0.3) is 0 Å². The Morgan fingerprint density at radius 1 is 0.289 bits per heavy atom. The number of H-pyrrole nitrogens is 4. The fourth-order valence-electron chi connectivity index (χ4n) is 18.9. The van der Waals surface area contributed by atoms with Gasteiger partial charge in [0.1, 0.15) is 40.2 Å². The number of nitrogens with zero attached hydrogens (tertiary/aromatic N) is 2. The van der Waals surface area contributed by atoms with Crippen LogP contribution in [0.15, 0.2) is 370 Å². The zero-order chi connectivity index (χ0) is 103. The van der Waals surface area contributed by atoms with E-state index in [0.717, 1.165) is 208 Å². The lowest BCUT2D eigenvalue weighted by Crippen LogP contribution is -2.12. The first-order valence-corrected chi connectivity index (χ1v) is 52.7. The van der Waals surface area contributed by atoms with Gasteiger partial charge in [0.15, 0.2) is 32.6 Å². The predicted molar refractivity (Wildman–Crippen MR) is 614 cm³/mol. The van der Waals surface area contributed by atoms with Gasteiger partial charge in [0, 0.05) is 94.4 Å². The average Bonchev–Trinajstić information content (AvgIpc) is 1.67. The Hall–Kier alpha value is -17.1. The summed E-state index contributed by atoms with van der Waals surface area (Å²) in [7, 11) is 5.55. The number of hydrogen-bond acceptors (Lipinski definition) is 18. The van der Waals surface area contributed by atoms with Crippen LogP contribution in [0.3, 0.4) is 0 Å². The Balaban J connectivity index is 0.000000112. The fraction of sp³-hybridized carbons (Fsp3) is 0.168. The van der Waals surface area contributed by atoms with Gasteiger partial charge in [-0.3, -0.25) is 28.8 Å². The van der Waals surface area contributed by atoms with E-state index < -0.39 is 0 Å². The first-order valence-electron chi connectivity index (χ1n) is 50.0. The van der Waals surface area contributed by atoms with Crippen molar-refractivity contribution in [3.63, 3.8) is 0 Å². The lowest BCUT2D eigenvalue weighted by Gasteiger charge is -2.15. The topological polar surface area (TPSA) is 266 Å². The highest BCUT2D eigenvalue weighted by Gasteiger charge is 2.25. The molecule has 13 aromatic carbocycles. The third-order valence-electron chi connectivity index (χ3n) is 25.9. The maximum absolute atomic E-state index is 13.4. The van der Waals surface area contributed by atoms with Gasteiger partial charge < -0.3 is 71.1 Å². The number of aryl methyl sites for hydroxylation is 2. The molecule has 149 heavy (non-hydrogen) atoms. The first kappa shape index (κ1) is 101. The number of rotatable bonds is 25. The second-order valence-electron chi connectivity index (χ2n) is 35.9. The van der Waals surface area contributed by atoms with E-state index in [1.165, 1.54) is 0 Å². The average molecular weight is 2030 g/mol. The van der Waals surface area contributed by atoms with Crippen molar-refractivity contribution >= 4 is 164 Å². The van der Waals surface area contributed by atoms with Crippen molar-refractivity contribution in [3.05, 3.63) is 394 Å². The molecule has 748 valence electrons. The number of thiophene rings is 3. The maximum atomic E-state index is 13.4. The van der Waals surface area contributed by atoms with Crippen molar-refractivity contribution in [2.24, 2.45) is 14.1 Å². The largest absolute Gasteiger partial charge is 0.497 e. The quantitative estimate of drug-likeness (QED) is 0.0388. The summed E-state index contributed by atoms with van der Waals surface area (Å²) < 4.78 is 55.0. The molecular weight excluding hydrogens is 1920 g/mol. The molecule has 24 rings (SSSR count). The molecule has 0 atom stereocenters. The van der Waals surface area contributed by atoms with Crippen LogP contribution in [-0.2, 0) is 14.1 Å². The van der Waals surface area contributed by atoms with Crippen LogP contribution in [-0.4, -0.2) is 75.8 Å². The molecule has 0 saturated carbocycles. The lowest BCUT2D eigenvalue weighted by molar-refractivity contribution is 0.320. The number of nitrogens with one attached hydrogen (secondary N) is 4. The molecule has 4 N–H and O–H groups in total. The van der Waals surface area contributed by atoms with E-state index in [1.54, 1.807) is 97.0 Å². The van der Waals surface area contributed by atoms with Crippen molar-refractivity contribution in [2.75, 3.05) is 46.8 Å². The molecule has 0 aliphatic heterocycles. The Bertz CT molecular complexity index is 8760. The second-order valence-corrected chi connectivity index (χ2v) is 38.6. The van der Waals surface area contributed by atoms with Crippen molar-refractivity contribution in [3.8, 4) is 106 Å². The normalized spacial score (nSPS) is 11.2. The smallest absolute Gasteiger partial charge is 0.198 e. The van der Waals surface area contributed by atoms with E-state index in [-0.39, 0.29) is 32.6 Å². The molecule has 24 aromatic rings. The van der Waals surface area contributed by atoms with Gasteiger partial charge in [-0.05, 0) is 215 Å². The minimum Gasteiger partial charge on any atom is -0.497 e. The Labute approximate surface area is 869 Å². The predicted octanol–water partition coefficient (Wildman–Crippen LogP) is 30.2. The summed E-state index contributed by atoms with van der Waals surface area (Å²) in [6.45, 7) is 16.1. The molecule has 0 fully saturated rings. The molecule has 0 aliphatic rings. The molecule has 0 bridgehead atoms. The van der Waals surface area contributed by atoms with Crippen LogP contribution in [0.1, 0.15) is 80.1 Å². The summed E-state index contributed by atoms with van der Waals surface area (Å²) in [5.41, 5.74) is 12.1. The molecular formula is C125H110N6O15S3. The van der Waals surface area contributed by atoms with Crippen molar-refractivity contribution in [1.82, 2.24) is 29.1 Å². The monoisotopic (exact) mass is 2030 g/mol. The van der Waals surface area contributed by atoms with Gasteiger partial charge in [-0.1, -0.05) is 211 Å². The van der Waals surface area contributed by atoms with Gasteiger partial charge in [0.2, 0.25) is 0 Å². The molecule has 11 heterocycles. The molecule has 0 aliphatic carbocycles. The van der Waals surface area contributed by atoms with Crippen LogP contribution in [0.2, 0.25) is 0 Å². The van der Waals surface area contributed by atoms with Crippen molar-refractivity contribution in [2.45, 2.75) is 80.1 Å². The summed E-state index contributed by atoms with van der Waals surface area (Å²) in [6, 6.07) is 80.7. The summed E-state index contributed by atoms with van der Waals surface area (Å²) in [4.78, 5) is 94.7. The maximum Gasteiger partial charge on any atom is 0.198 e. The molecule has 0 unspecified atom stereocenters. The van der Waals surface area contributed by atoms with E-state index >= 15 is 0 Å². The molecule has 0 radical (unpaired) electrons. The Morgan fingerprint density at radius 2 is 0.584 bits per heavy atom. The number of benzene rings is 13. The number of furan rings is 2. The Morgan fingerprint density at radius 3 is 0.913 bits per heavy atom. The van der Waals surface area contributed by atoms with Crippen molar-refractivity contribution < 1.29 is 42.0 Å². The number of aromatic amines is 4. The number of pyridine rings is 6. The van der Waals surface area contributed by atoms with Crippen LogP contribution >= 0.6 is 34.0 Å². The van der Waals surface area contributed by atoms with Gasteiger partial charge in [-0.25, -0.2) is 0 Å². The summed E-state index contributed by atoms with van der Waals surface area (Å²) in [5.74, 6) is 5.17. The van der Waals surface area contributed by atoms with E-state index in [2.05, 4.69) is 61.5 Å². The standard InChI is InChI=1S/C23H21NO3.C21H19NO3.C21H19NO2S.C20H17NO3.2C20H17NO2S/c1-3-12-27-20-13-16-6-4-5-7-18(16)21-22(20)24-14-19(23(21)25)15-8-10-17(26-2)11-9-15;1-3-9-25-18-11-14-6-4-5-7-16(14)19-20(18)22(2)12-17(21(19)23)15-8-10-24-13-15;1-3-10-24-17-12-14-7-4-5-8-15(14)19-20(17)22(2)13-16(21(19)23)18-9-6-11-25-18;1-2-8-24-17-10-13-5-3-4-6-15(13)18-19(17)21-11-16(20(18)22)14-7-9-23-12-14;1-2-9-23-16-11-13-6-3-4-7-14(13)18-19(16)21-12-15(20(18)22)17-8-5-10-24-17;1-2-8-23-17-10-13-5-3-4-6-15(13)18-19(17)21-11-16(20(18)22)14-7-9-24-12-14/h4-11,13-14H,3,12H2,1-2H3,(H,24,25);4-8,10-13H,3,9H2,1-2H3;4-9,11-13H,3,10H2,1-2H3;3-7,9-12H,2,8H2,1H3,(H,21,22);3-8,10-12H,2,9H2,1H3,(H,21,22);3-7,9-12H,2,8H2,1H3,(H,21,22). The number of methoxy groups -OCH3 is 1. The number of fused-ring (bicyclic) bond motifs is 18. The number of ether oxygens (including phenoxy) is 7. The third-order valence-corrected chi connectivity index (χ3v) is 28.4. The van der Waals surface area contributed by atoms with E-state index in [0.29, 0.717) is 106 Å². The summed E-state index contributed by atoms with van der Waals surface area (Å²) in [5, 5.41) is 23.8. The summed E-state index contributed by atoms with van der Waals surface area (Å²) in [6.07, 6.45) is 22.7. The van der Waals surface area contributed by atoms with E-state index in [1.807, 2.05) is 300 Å². The third kappa shape index (κ3) is 20.7. The van der Waals surface area contributed by atoms with Gasteiger partial charge in [-0.2, -0.15) is 11.3 Å². The van der Waals surface area contributed by atoms with Gasteiger partial charge in [-0.15, -0.1) is 22.7 Å². The van der Waals surface area contributed by atoms with Crippen LogP contribution in [0.25, 0.3) is 195 Å². The first-order chi connectivity index (χ1) is 73.0. The van der Waals surface area contributed by atoms with Gasteiger partial charge in [0.05, 0.1) is 148 Å². The van der Waals surface area contributed by atoms with Crippen molar-refractivity contribution in [1.29, 1.82) is 0 Å². The SMILES string of the molecule is CCCOc1cc2ccccc2c2c(=O)c(-c3ccc(OC)cc3)c[nH]c12.CCCOc1cc2ccccc2c2c(=O)c(-c3cccs3)c[nH]c12.CCCOc1cc2ccccc2c2c(=O)c(-c3cccs3)cn(C)c12.CCCOc1cc2ccccc2c2c(=O)c(-c3ccoc3)c[nH]c12.CCCOc1cc2ccccc2c2c(=O)c(-c3ccoc3)cn(C)c12.CCCOc1cc2ccccc2c2c(=O)c(-c3ccsc3)c[nH]c12. The van der Waals surface area contributed by atoms with Gasteiger partial charge >= 0.3 is 0 Å². The Kier molecular flexibility index (Phi) is 31.1. The number of hydrogen-bond donors (Lipinski definition) is 4.